The highest BCUT2D eigenvalue weighted by molar-refractivity contribution is 5.93. The fourth-order valence-corrected chi connectivity index (χ4v) is 3.71. The van der Waals surface area contributed by atoms with Crippen LogP contribution in [0, 0.1) is 5.92 Å². The number of ether oxygens (including phenoxy) is 2. The lowest BCUT2D eigenvalue weighted by Crippen LogP contribution is -2.78. The van der Waals surface area contributed by atoms with Gasteiger partial charge in [0.05, 0.1) is 19.7 Å². The maximum Gasteiger partial charge on any atom is 0.338 e. The first-order valence-electron chi connectivity index (χ1n) is 12.3. The fourth-order valence-electron chi connectivity index (χ4n) is 3.71. The summed E-state index contributed by atoms with van der Waals surface area (Å²) < 4.78 is 10.2. The van der Waals surface area contributed by atoms with Crippen LogP contribution < -0.4 is 31.8 Å². The van der Waals surface area contributed by atoms with Crippen LogP contribution in [-0.4, -0.2) is 61.9 Å². The fraction of sp³-hybridized carbons (Fsp3) is 0.444. The van der Waals surface area contributed by atoms with Crippen molar-refractivity contribution in [3.63, 3.8) is 0 Å². The molecular weight excluding hydrogens is 490 g/mol. The standard InChI is InChI=1S/C27H39N5O6/c1-5-8-22(26(36)37-4)32-25(35)20(9-7-14-30-27(28)29)17-24(34)23(31-18(3)33)16-19-10-12-21(13-11-19)38-15-6-2/h5-6,10-13,20,22-23H,1-2,7-9,14-17H2,3-4H3,(H,31,33)(H,32,35)(H4,28,29,30)/p+1/t20-,22+,23-/m0/s1. The Morgan fingerprint density at radius 1 is 1.05 bits per heavy atom. The SMILES string of the molecule is C=CCOc1ccc(C[C@H](NC(C)=O)C(=O)C[C@H](CCC[NH+]=C(N)N)C(=O)N[C@H](CC=C)C(=O)OC)cc1. The van der Waals surface area contributed by atoms with E-state index in [1.165, 1.54) is 20.1 Å². The number of guanidine groups is 1. The third-order valence-corrected chi connectivity index (χ3v) is 5.58. The zero-order valence-electron chi connectivity index (χ0n) is 22.2. The van der Waals surface area contributed by atoms with Crippen LogP contribution in [0.15, 0.2) is 49.6 Å². The lowest BCUT2D eigenvalue weighted by Gasteiger charge is -2.23. The molecule has 0 saturated heterocycles. The lowest BCUT2D eigenvalue weighted by molar-refractivity contribution is -0.459. The van der Waals surface area contributed by atoms with Crippen molar-refractivity contribution in [1.29, 1.82) is 0 Å². The van der Waals surface area contributed by atoms with Gasteiger partial charge in [-0.05, 0) is 43.4 Å². The van der Waals surface area contributed by atoms with Crippen molar-refractivity contribution < 1.29 is 33.6 Å². The predicted octanol–water partition coefficient (Wildman–Crippen LogP) is -0.758. The van der Waals surface area contributed by atoms with Gasteiger partial charge in [0.25, 0.3) is 0 Å². The Morgan fingerprint density at radius 2 is 1.74 bits per heavy atom. The summed E-state index contributed by atoms with van der Waals surface area (Å²) in [5.74, 6) is -1.86. The monoisotopic (exact) mass is 530 g/mol. The largest absolute Gasteiger partial charge is 0.490 e. The summed E-state index contributed by atoms with van der Waals surface area (Å²) in [5.41, 5.74) is 11.7. The maximum atomic E-state index is 13.4. The van der Waals surface area contributed by atoms with Crippen LogP contribution in [0.4, 0.5) is 0 Å². The van der Waals surface area contributed by atoms with E-state index < -0.39 is 29.9 Å². The lowest BCUT2D eigenvalue weighted by atomic mass is 9.90. The number of carbonyl (C=O) groups excluding carboxylic acids is 4. The molecule has 0 radical (unpaired) electrons. The molecule has 0 unspecified atom stereocenters. The summed E-state index contributed by atoms with van der Waals surface area (Å²) >= 11 is 0. The summed E-state index contributed by atoms with van der Waals surface area (Å²) in [5, 5.41) is 5.35. The van der Waals surface area contributed by atoms with E-state index in [4.69, 9.17) is 20.9 Å². The highest BCUT2D eigenvalue weighted by Crippen LogP contribution is 2.18. The Labute approximate surface area is 223 Å². The Kier molecular flexibility index (Phi) is 14.5. The molecule has 0 aliphatic rings. The molecule has 0 bridgehead atoms. The molecule has 38 heavy (non-hydrogen) atoms. The molecule has 11 nitrogen and oxygen atoms in total. The van der Waals surface area contributed by atoms with E-state index >= 15 is 0 Å². The second kappa shape index (κ2) is 17.3. The average Bonchev–Trinajstić information content (AvgIpc) is 2.88. The van der Waals surface area contributed by atoms with E-state index in [2.05, 4.69) is 28.8 Å². The quantitative estimate of drug-likeness (QED) is 0.0541. The molecule has 0 saturated carbocycles. The van der Waals surface area contributed by atoms with Crippen LogP contribution in [0.5, 0.6) is 5.75 Å². The van der Waals surface area contributed by atoms with Crippen molar-refractivity contribution in [1.82, 2.24) is 10.6 Å². The highest BCUT2D eigenvalue weighted by atomic mass is 16.5. The number of methoxy groups -OCH3 is 1. The molecule has 1 rings (SSSR count). The number of ketones is 1. The molecule has 7 N–H and O–H groups in total. The average molecular weight is 531 g/mol. The number of Topliss-reactive ketones (excluding diaryl/α,β-unsaturated/α-hetero) is 1. The number of benzene rings is 1. The van der Waals surface area contributed by atoms with Crippen LogP contribution in [-0.2, 0) is 30.3 Å². The number of amides is 2. The van der Waals surface area contributed by atoms with Crippen molar-refractivity contribution in [2.75, 3.05) is 20.3 Å². The van der Waals surface area contributed by atoms with Gasteiger partial charge in [0.15, 0.2) is 5.78 Å². The normalized spacial score (nSPS) is 12.7. The number of esters is 1. The van der Waals surface area contributed by atoms with Gasteiger partial charge < -0.3 is 20.1 Å². The van der Waals surface area contributed by atoms with E-state index in [1.54, 1.807) is 30.3 Å². The zero-order valence-corrected chi connectivity index (χ0v) is 22.2. The number of carbonyl (C=O) groups is 4. The highest BCUT2D eigenvalue weighted by Gasteiger charge is 2.30. The third-order valence-electron chi connectivity index (χ3n) is 5.58. The number of nitrogens with two attached hydrogens (primary N) is 2. The summed E-state index contributed by atoms with van der Waals surface area (Å²) in [6.45, 7) is 9.30. The third kappa shape index (κ3) is 12.2. The first-order valence-corrected chi connectivity index (χ1v) is 12.3. The van der Waals surface area contributed by atoms with E-state index in [0.29, 0.717) is 31.7 Å². The Hall–Kier alpha value is -4.15. The van der Waals surface area contributed by atoms with E-state index in [9.17, 15) is 19.2 Å². The molecule has 1 aromatic rings. The molecule has 3 atom stereocenters. The minimum atomic E-state index is -0.929. The van der Waals surface area contributed by atoms with Gasteiger partial charge in [-0.3, -0.25) is 30.8 Å². The van der Waals surface area contributed by atoms with E-state index in [-0.39, 0.29) is 36.9 Å². The topological polar surface area (TPSA) is 177 Å². The molecule has 11 heteroatoms. The molecule has 208 valence electrons. The second-order valence-corrected chi connectivity index (χ2v) is 8.70. The maximum absolute atomic E-state index is 13.4. The zero-order chi connectivity index (χ0) is 28.5. The van der Waals surface area contributed by atoms with Gasteiger partial charge in [0.2, 0.25) is 11.8 Å². The van der Waals surface area contributed by atoms with Crippen LogP contribution >= 0.6 is 0 Å². The number of hydrogen-bond acceptors (Lipinski definition) is 6. The van der Waals surface area contributed by atoms with Crippen LogP contribution in [0.1, 0.15) is 38.2 Å². The van der Waals surface area contributed by atoms with Crippen molar-refractivity contribution in [3.05, 3.63) is 55.1 Å². The predicted molar refractivity (Wildman–Crippen MR) is 144 cm³/mol. The summed E-state index contributed by atoms with van der Waals surface area (Å²) in [6.07, 6.45) is 4.16. The van der Waals surface area contributed by atoms with Gasteiger partial charge in [-0.1, -0.05) is 30.9 Å². The number of hydrogen-bond donors (Lipinski definition) is 5. The smallest absolute Gasteiger partial charge is 0.338 e. The van der Waals surface area contributed by atoms with Crippen molar-refractivity contribution in [2.45, 2.75) is 51.1 Å². The van der Waals surface area contributed by atoms with Crippen molar-refractivity contribution in [2.24, 2.45) is 17.4 Å². The van der Waals surface area contributed by atoms with Crippen molar-refractivity contribution in [3.8, 4) is 5.75 Å². The van der Waals surface area contributed by atoms with Gasteiger partial charge in [0, 0.05) is 19.3 Å². The van der Waals surface area contributed by atoms with Gasteiger partial charge in [0.1, 0.15) is 18.4 Å². The summed E-state index contributed by atoms with van der Waals surface area (Å²) in [4.78, 5) is 53.2. The van der Waals surface area contributed by atoms with Gasteiger partial charge >= 0.3 is 11.9 Å². The van der Waals surface area contributed by atoms with Gasteiger partial charge in [-0.2, -0.15) is 0 Å². The minimum Gasteiger partial charge on any atom is -0.490 e. The van der Waals surface area contributed by atoms with E-state index in [1.807, 2.05) is 0 Å². The molecule has 2 amide bonds. The Bertz CT molecular complexity index is 988. The number of rotatable bonds is 18. The minimum absolute atomic E-state index is 0.0467. The molecular formula is C27H40N5O6+. The Morgan fingerprint density at radius 3 is 2.29 bits per heavy atom. The molecule has 0 aromatic heterocycles. The molecule has 1 aromatic carbocycles. The van der Waals surface area contributed by atoms with Gasteiger partial charge in [-0.25, -0.2) is 4.79 Å². The number of nitrogens with one attached hydrogen (secondary N) is 3. The van der Waals surface area contributed by atoms with Crippen molar-refractivity contribution >= 4 is 29.5 Å². The molecule has 0 heterocycles. The molecule has 0 aliphatic heterocycles. The van der Waals surface area contributed by atoms with E-state index in [0.717, 1.165) is 5.56 Å². The summed E-state index contributed by atoms with van der Waals surface area (Å²) in [6, 6.07) is 5.37. The first-order chi connectivity index (χ1) is 18.1. The molecule has 0 fully saturated rings. The first kappa shape index (κ1) is 31.9. The van der Waals surface area contributed by atoms with Gasteiger partial charge in [-0.15, -0.1) is 6.58 Å². The second-order valence-electron chi connectivity index (χ2n) is 8.70. The van der Waals surface area contributed by atoms with Crippen LogP contribution in [0.3, 0.4) is 0 Å². The van der Waals surface area contributed by atoms with Crippen LogP contribution in [0.2, 0.25) is 0 Å². The summed E-state index contributed by atoms with van der Waals surface area (Å²) in [7, 11) is 1.22. The molecule has 0 spiro atoms. The Balaban J connectivity index is 3.06. The molecule has 0 aliphatic carbocycles. The van der Waals surface area contributed by atoms with Crippen LogP contribution in [0.25, 0.3) is 0 Å².